The van der Waals surface area contributed by atoms with E-state index in [1.54, 1.807) is 0 Å². The SMILES string of the molecule is CC(C)(C)Oc1ccc(C(C)(O)C2CCCN2)cc1. The molecule has 1 saturated heterocycles. The Morgan fingerprint density at radius 3 is 2.26 bits per heavy atom. The first kappa shape index (κ1) is 14.4. The Bertz CT molecular complexity index is 411. The summed E-state index contributed by atoms with van der Waals surface area (Å²) < 4.78 is 5.80. The molecule has 0 radical (unpaired) electrons. The van der Waals surface area contributed by atoms with Crippen LogP contribution in [0.1, 0.15) is 46.1 Å². The van der Waals surface area contributed by atoms with Crippen LogP contribution < -0.4 is 10.1 Å². The molecule has 3 heteroatoms. The highest BCUT2D eigenvalue weighted by molar-refractivity contribution is 5.32. The van der Waals surface area contributed by atoms with Gasteiger partial charge in [0.15, 0.2) is 0 Å². The molecule has 1 aliphatic heterocycles. The van der Waals surface area contributed by atoms with Gasteiger partial charge in [-0.2, -0.15) is 0 Å². The molecule has 1 aliphatic rings. The third kappa shape index (κ3) is 3.48. The second-order valence-electron chi connectivity index (χ2n) is 6.54. The van der Waals surface area contributed by atoms with Gasteiger partial charge in [0.1, 0.15) is 17.0 Å². The zero-order chi connectivity index (χ0) is 14.1. The number of aliphatic hydroxyl groups is 1. The molecule has 2 rings (SSSR count). The monoisotopic (exact) mass is 263 g/mol. The average Bonchev–Trinajstić information content (AvgIpc) is 2.81. The number of rotatable bonds is 3. The molecule has 0 aromatic heterocycles. The fourth-order valence-electron chi connectivity index (χ4n) is 2.58. The van der Waals surface area contributed by atoms with Gasteiger partial charge in [-0.05, 0) is 64.8 Å². The van der Waals surface area contributed by atoms with Gasteiger partial charge in [0.2, 0.25) is 0 Å². The molecule has 0 saturated carbocycles. The molecule has 2 N–H and O–H groups in total. The third-order valence-electron chi connectivity index (χ3n) is 3.60. The van der Waals surface area contributed by atoms with Crippen molar-refractivity contribution >= 4 is 0 Å². The zero-order valence-electron chi connectivity index (χ0n) is 12.4. The summed E-state index contributed by atoms with van der Waals surface area (Å²) in [6.07, 6.45) is 2.15. The number of ether oxygens (including phenoxy) is 1. The lowest BCUT2D eigenvalue weighted by Crippen LogP contribution is -2.42. The van der Waals surface area contributed by atoms with E-state index >= 15 is 0 Å². The lowest BCUT2D eigenvalue weighted by atomic mass is 9.87. The first-order chi connectivity index (χ1) is 8.79. The van der Waals surface area contributed by atoms with E-state index in [2.05, 4.69) is 5.32 Å². The molecule has 106 valence electrons. The van der Waals surface area contributed by atoms with E-state index in [1.165, 1.54) is 0 Å². The molecule has 2 unspecified atom stereocenters. The van der Waals surface area contributed by atoms with Crippen molar-refractivity contribution in [1.82, 2.24) is 5.32 Å². The van der Waals surface area contributed by atoms with Crippen LogP contribution in [0.25, 0.3) is 0 Å². The molecule has 1 aromatic carbocycles. The molecule has 0 aliphatic carbocycles. The van der Waals surface area contributed by atoms with E-state index < -0.39 is 5.60 Å². The topological polar surface area (TPSA) is 41.5 Å². The largest absolute Gasteiger partial charge is 0.488 e. The summed E-state index contributed by atoms with van der Waals surface area (Å²) in [5, 5.41) is 14.1. The van der Waals surface area contributed by atoms with Gasteiger partial charge < -0.3 is 15.2 Å². The maximum Gasteiger partial charge on any atom is 0.120 e. The second kappa shape index (κ2) is 5.14. The highest BCUT2D eigenvalue weighted by atomic mass is 16.5. The lowest BCUT2D eigenvalue weighted by Gasteiger charge is -2.31. The summed E-state index contributed by atoms with van der Waals surface area (Å²) >= 11 is 0. The standard InChI is InChI=1S/C16H25NO2/c1-15(2,3)19-13-9-7-12(8-10-13)16(4,18)14-6-5-11-17-14/h7-10,14,17-18H,5-6,11H2,1-4H3. The van der Waals surface area contributed by atoms with Crippen molar-refractivity contribution < 1.29 is 9.84 Å². The number of benzene rings is 1. The van der Waals surface area contributed by atoms with Gasteiger partial charge in [0.25, 0.3) is 0 Å². The van der Waals surface area contributed by atoms with E-state index in [-0.39, 0.29) is 11.6 Å². The molecule has 3 nitrogen and oxygen atoms in total. The van der Waals surface area contributed by atoms with Crippen molar-refractivity contribution in [2.24, 2.45) is 0 Å². The molecule has 0 amide bonds. The van der Waals surface area contributed by atoms with Crippen LogP contribution in [0.5, 0.6) is 5.75 Å². The Morgan fingerprint density at radius 2 is 1.79 bits per heavy atom. The first-order valence-corrected chi connectivity index (χ1v) is 7.04. The van der Waals surface area contributed by atoms with Crippen molar-refractivity contribution in [3.63, 3.8) is 0 Å². The molecular formula is C16H25NO2. The van der Waals surface area contributed by atoms with E-state index in [9.17, 15) is 5.11 Å². The minimum Gasteiger partial charge on any atom is -0.488 e. The third-order valence-corrected chi connectivity index (χ3v) is 3.60. The van der Waals surface area contributed by atoms with Gasteiger partial charge in [-0.1, -0.05) is 12.1 Å². The fraction of sp³-hybridized carbons (Fsp3) is 0.625. The van der Waals surface area contributed by atoms with Crippen LogP contribution >= 0.6 is 0 Å². The summed E-state index contributed by atoms with van der Waals surface area (Å²) in [6, 6.07) is 7.93. The fourth-order valence-corrected chi connectivity index (χ4v) is 2.58. The normalized spacial score (nSPS) is 23.1. The van der Waals surface area contributed by atoms with Crippen molar-refractivity contribution in [3.05, 3.63) is 29.8 Å². The summed E-state index contributed by atoms with van der Waals surface area (Å²) in [5.41, 5.74) is -0.0819. The molecule has 2 atom stereocenters. The van der Waals surface area contributed by atoms with Gasteiger partial charge in [-0.15, -0.1) is 0 Å². The number of hydrogen-bond donors (Lipinski definition) is 2. The Kier molecular flexibility index (Phi) is 3.88. The number of nitrogens with one attached hydrogen (secondary N) is 1. The minimum atomic E-state index is -0.823. The molecule has 1 fully saturated rings. The van der Waals surface area contributed by atoms with Crippen LogP contribution in [0.4, 0.5) is 0 Å². The Morgan fingerprint density at radius 1 is 1.16 bits per heavy atom. The van der Waals surface area contributed by atoms with E-state index in [4.69, 9.17) is 4.74 Å². The van der Waals surface area contributed by atoms with Gasteiger partial charge in [0.05, 0.1) is 0 Å². The van der Waals surface area contributed by atoms with Gasteiger partial charge in [-0.25, -0.2) is 0 Å². The van der Waals surface area contributed by atoms with Crippen molar-refractivity contribution in [3.8, 4) is 5.75 Å². The smallest absolute Gasteiger partial charge is 0.120 e. The summed E-state index contributed by atoms with van der Waals surface area (Å²) in [6.45, 7) is 8.96. The predicted molar refractivity (Wildman–Crippen MR) is 77.4 cm³/mol. The van der Waals surface area contributed by atoms with Crippen LogP contribution in [-0.2, 0) is 5.60 Å². The average molecular weight is 263 g/mol. The lowest BCUT2D eigenvalue weighted by molar-refractivity contribution is 0.0217. The summed E-state index contributed by atoms with van der Waals surface area (Å²) in [4.78, 5) is 0. The summed E-state index contributed by atoms with van der Waals surface area (Å²) in [5.74, 6) is 0.839. The molecule has 0 bridgehead atoms. The van der Waals surface area contributed by atoms with E-state index in [0.29, 0.717) is 0 Å². The molecule has 0 spiro atoms. The van der Waals surface area contributed by atoms with E-state index in [1.807, 2.05) is 52.0 Å². The zero-order valence-corrected chi connectivity index (χ0v) is 12.4. The quantitative estimate of drug-likeness (QED) is 0.881. The Labute approximate surface area is 116 Å². The maximum atomic E-state index is 10.7. The van der Waals surface area contributed by atoms with Crippen LogP contribution in [-0.4, -0.2) is 23.3 Å². The van der Waals surface area contributed by atoms with Crippen molar-refractivity contribution in [1.29, 1.82) is 0 Å². The summed E-state index contributed by atoms with van der Waals surface area (Å²) in [7, 11) is 0. The van der Waals surface area contributed by atoms with Crippen LogP contribution in [0, 0.1) is 0 Å². The molecule has 1 aromatic rings. The highest BCUT2D eigenvalue weighted by Crippen LogP contribution is 2.31. The maximum absolute atomic E-state index is 10.7. The second-order valence-corrected chi connectivity index (χ2v) is 6.54. The molecule has 1 heterocycles. The minimum absolute atomic E-state index is 0.141. The predicted octanol–water partition coefficient (Wildman–Crippen LogP) is 2.82. The van der Waals surface area contributed by atoms with Gasteiger partial charge >= 0.3 is 0 Å². The van der Waals surface area contributed by atoms with Gasteiger partial charge in [0, 0.05) is 6.04 Å². The number of hydrogen-bond acceptors (Lipinski definition) is 3. The van der Waals surface area contributed by atoms with Crippen molar-refractivity contribution in [2.45, 2.75) is 57.8 Å². The van der Waals surface area contributed by atoms with Gasteiger partial charge in [-0.3, -0.25) is 0 Å². The van der Waals surface area contributed by atoms with E-state index in [0.717, 1.165) is 30.7 Å². The van der Waals surface area contributed by atoms with Crippen LogP contribution in [0.2, 0.25) is 0 Å². The molecule has 19 heavy (non-hydrogen) atoms. The van der Waals surface area contributed by atoms with Crippen LogP contribution in [0.15, 0.2) is 24.3 Å². The Hall–Kier alpha value is -1.06. The Balaban J connectivity index is 2.13. The molecular weight excluding hydrogens is 238 g/mol. The van der Waals surface area contributed by atoms with Crippen LogP contribution in [0.3, 0.4) is 0 Å². The first-order valence-electron chi connectivity index (χ1n) is 7.04. The van der Waals surface area contributed by atoms with Crippen molar-refractivity contribution in [2.75, 3.05) is 6.54 Å². The highest BCUT2D eigenvalue weighted by Gasteiger charge is 2.35.